The number of amides is 4. The van der Waals surface area contributed by atoms with Crippen LogP contribution in [-0.4, -0.2) is 42.8 Å². The number of fused-ring (bicyclic) bond motifs is 5. The number of hydrogen-bond donors (Lipinski definition) is 1. The quantitative estimate of drug-likeness (QED) is 0.104. The first-order valence-corrected chi connectivity index (χ1v) is 19.2. The van der Waals surface area contributed by atoms with E-state index < -0.39 is 52.6 Å². The maximum absolute atomic E-state index is 14.8. The number of halogens is 2. The molecule has 0 radical (unpaired) electrons. The molecule has 57 heavy (non-hydrogen) atoms. The van der Waals surface area contributed by atoms with E-state index in [1.54, 1.807) is 43.3 Å². The zero-order chi connectivity index (χ0) is 39.9. The Balaban J connectivity index is 1.08. The summed E-state index contributed by atoms with van der Waals surface area (Å²) in [5.74, 6) is -6.34. The SMILES string of the molecule is CN(C)c1ccc(N=Nc2ccc(N3C(=O)C4CC=C5C(CC6C(=O)N(c7ccc(F)c(Cl)c7)C(=O)C6(C)C5c5ccc6ccccc6c5O)C4C3=O)cc2)cc1. The van der Waals surface area contributed by atoms with Gasteiger partial charge in [0, 0.05) is 36.7 Å². The number of nitrogens with zero attached hydrogens (tertiary/aromatic N) is 5. The van der Waals surface area contributed by atoms with Crippen molar-refractivity contribution in [3.8, 4) is 5.75 Å². The second-order valence-electron chi connectivity index (χ2n) is 15.6. The Kier molecular flexibility index (Phi) is 8.62. The second-order valence-corrected chi connectivity index (χ2v) is 16.0. The number of imide groups is 2. The van der Waals surface area contributed by atoms with Gasteiger partial charge in [0.05, 0.1) is 50.9 Å². The highest BCUT2D eigenvalue weighted by Crippen LogP contribution is 2.65. The Morgan fingerprint density at radius 3 is 2.14 bits per heavy atom. The van der Waals surface area contributed by atoms with Crippen LogP contribution in [0.1, 0.15) is 31.2 Å². The number of carbonyl (C=O) groups is 4. The third-order valence-electron chi connectivity index (χ3n) is 12.4. The third kappa shape index (κ3) is 5.58. The highest BCUT2D eigenvalue weighted by molar-refractivity contribution is 6.32. The molecule has 5 aromatic rings. The summed E-state index contributed by atoms with van der Waals surface area (Å²) >= 11 is 6.14. The number of phenolic OH excluding ortho intramolecular Hbond substituents is 1. The highest BCUT2D eigenvalue weighted by Gasteiger charge is 2.68. The average molecular weight is 782 g/mol. The fourth-order valence-electron chi connectivity index (χ4n) is 9.59. The molecule has 4 aliphatic rings. The van der Waals surface area contributed by atoms with Crippen molar-refractivity contribution < 1.29 is 28.7 Å². The van der Waals surface area contributed by atoms with Crippen LogP contribution in [0.3, 0.4) is 0 Å². The lowest BCUT2D eigenvalue weighted by Crippen LogP contribution is -2.48. The van der Waals surface area contributed by atoms with Crippen LogP contribution in [0.5, 0.6) is 5.75 Å². The van der Waals surface area contributed by atoms with E-state index in [1.807, 2.05) is 73.6 Å². The lowest BCUT2D eigenvalue weighted by atomic mass is 9.51. The van der Waals surface area contributed by atoms with Crippen LogP contribution in [0.4, 0.5) is 32.8 Å². The second kappa shape index (κ2) is 13.5. The smallest absolute Gasteiger partial charge is 0.241 e. The van der Waals surface area contributed by atoms with Gasteiger partial charge >= 0.3 is 0 Å². The molecule has 2 aliphatic carbocycles. The zero-order valence-corrected chi connectivity index (χ0v) is 32.0. The van der Waals surface area contributed by atoms with Gasteiger partial charge < -0.3 is 10.0 Å². The van der Waals surface area contributed by atoms with E-state index in [4.69, 9.17) is 11.6 Å². The van der Waals surface area contributed by atoms with E-state index in [0.717, 1.165) is 27.6 Å². The average Bonchev–Trinajstić information content (AvgIpc) is 3.58. The van der Waals surface area contributed by atoms with Gasteiger partial charge in [-0.25, -0.2) is 9.29 Å². The number of allylic oxidation sites excluding steroid dienone is 2. The Bertz CT molecular complexity index is 2590. The minimum Gasteiger partial charge on any atom is -0.507 e. The lowest BCUT2D eigenvalue weighted by Gasteiger charge is -2.49. The van der Waals surface area contributed by atoms with Crippen LogP contribution in [0.25, 0.3) is 10.8 Å². The molecule has 1 N–H and O–H groups in total. The number of benzene rings is 5. The topological polar surface area (TPSA) is 123 Å². The van der Waals surface area contributed by atoms with Gasteiger partial charge in [-0.1, -0.05) is 59.6 Å². The van der Waals surface area contributed by atoms with Crippen molar-refractivity contribution in [1.82, 2.24) is 0 Å². The summed E-state index contributed by atoms with van der Waals surface area (Å²) in [5.41, 5.74) is 2.55. The molecule has 4 amide bonds. The van der Waals surface area contributed by atoms with E-state index in [9.17, 15) is 28.7 Å². The number of carbonyl (C=O) groups excluding carboxylic acids is 4. The standard InChI is InChI=1S/C45H37ClFN5O5/c1-45-35(42(55)52(44(45)57)29-17-21-37(47)36(46)22-29)23-34-31(39(45)33-18-8-24-6-4-5-7-30(24)40(33)53)19-20-32-38(34)43(56)51(41(32)54)28-15-11-26(12-16-28)49-48-25-9-13-27(14-10-25)50(2)3/h4-19,21-22,32,34-35,38-39,53H,20,23H2,1-3H3. The molecule has 2 heterocycles. The monoisotopic (exact) mass is 781 g/mol. The predicted molar refractivity (Wildman–Crippen MR) is 216 cm³/mol. The molecule has 9 rings (SSSR count). The van der Waals surface area contributed by atoms with Crippen LogP contribution >= 0.6 is 11.6 Å². The molecule has 12 heteroatoms. The number of anilines is 3. The first kappa shape index (κ1) is 36.4. The predicted octanol–water partition coefficient (Wildman–Crippen LogP) is 9.25. The van der Waals surface area contributed by atoms with E-state index in [0.29, 0.717) is 28.0 Å². The lowest BCUT2D eigenvalue weighted by molar-refractivity contribution is -0.131. The van der Waals surface area contributed by atoms with Gasteiger partial charge in [0.2, 0.25) is 23.6 Å². The summed E-state index contributed by atoms with van der Waals surface area (Å²) in [6.45, 7) is 1.73. The number of phenols is 1. The molecule has 0 spiro atoms. The zero-order valence-electron chi connectivity index (χ0n) is 31.3. The molecule has 286 valence electrons. The molecule has 2 aliphatic heterocycles. The Morgan fingerprint density at radius 2 is 1.46 bits per heavy atom. The van der Waals surface area contributed by atoms with Crippen molar-refractivity contribution in [2.75, 3.05) is 28.8 Å². The molecule has 6 unspecified atom stereocenters. The summed E-state index contributed by atoms with van der Waals surface area (Å²) in [4.78, 5) is 62.4. The van der Waals surface area contributed by atoms with Crippen molar-refractivity contribution in [3.05, 3.63) is 131 Å². The molecule has 10 nitrogen and oxygen atoms in total. The van der Waals surface area contributed by atoms with Crippen LogP contribution in [-0.2, 0) is 19.2 Å². The van der Waals surface area contributed by atoms with E-state index in [-0.39, 0.29) is 41.1 Å². The summed E-state index contributed by atoms with van der Waals surface area (Å²) in [5, 5.41) is 21.7. The number of aromatic hydroxyl groups is 1. The largest absolute Gasteiger partial charge is 0.507 e. The van der Waals surface area contributed by atoms with Crippen molar-refractivity contribution in [1.29, 1.82) is 0 Å². The van der Waals surface area contributed by atoms with Crippen LogP contribution in [0.2, 0.25) is 5.02 Å². The van der Waals surface area contributed by atoms with Gasteiger partial charge in [-0.15, -0.1) is 0 Å². The normalized spacial score (nSPS) is 25.6. The van der Waals surface area contributed by atoms with Gasteiger partial charge in [0.25, 0.3) is 0 Å². The number of azo groups is 1. The van der Waals surface area contributed by atoms with Crippen LogP contribution in [0.15, 0.2) is 125 Å². The van der Waals surface area contributed by atoms with Gasteiger partial charge in [0.1, 0.15) is 11.6 Å². The molecule has 6 atom stereocenters. The molecule has 5 aromatic carbocycles. The molecular weight excluding hydrogens is 745 g/mol. The molecule has 0 bridgehead atoms. The van der Waals surface area contributed by atoms with Crippen LogP contribution in [0, 0.1) is 34.9 Å². The van der Waals surface area contributed by atoms with Crippen molar-refractivity contribution in [3.63, 3.8) is 0 Å². The number of hydrogen-bond acceptors (Lipinski definition) is 8. The molecule has 2 saturated heterocycles. The van der Waals surface area contributed by atoms with E-state index in [1.165, 1.54) is 17.0 Å². The summed E-state index contributed by atoms with van der Waals surface area (Å²) in [6.07, 6.45) is 2.29. The number of rotatable bonds is 6. The summed E-state index contributed by atoms with van der Waals surface area (Å²) in [6, 6.07) is 29.0. The van der Waals surface area contributed by atoms with Gasteiger partial charge in [-0.2, -0.15) is 10.2 Å². The van der Waals surface area contributed by atoms with E-state index >= 15 is 0 Å². The van der Waals surface area contributed by atoms with Gasteiger partial charge in [-0.3, -0.25) is 24.1 Å². The minimum absolute atomic E-state index is 0.0245. The summed E-state index contributed by atoms with van der Waals surface area (Å²) < 4.78 is 14.3. The van der Waals surface area contributed by atoms with Gasteiger partial charge in [-0.05, 0) is 97.8 Å². The summed E-state index contributed by atoms with van der Waals surface area (Å²) in [7, 11) is 3.91. The molecule has 0 aromatic heterocycles. The van der Waals surface area contributed by atoms with Crippen LogP contribution < -0.4 is 14.7 Å². The molecular formula is C45H37ClFN5O5. The fraction of sp³-hybridized carbons (Fsp3) is 0.244. The highest BCUT2D eigenvalue weighted by atomic mass is 35.5. The van der Waals surface area contributed by atoms with E-state index in [2.05, 4.69) is 10.2 Å². The van der Waals surface area contributed by atoms with Crippen molar-refractivity contribution >= 4 is 74.4 Å². The first-order chi connectivity index (χ1) is 27.4. The Labute approximate surface area is 332 Å². The maximum atomic E-state index is 14.8. The fourth-order valence-corrected chi connectivity index (χ4v) is 9.77. The Hall–Kier alpha value is -6.20. The minimum atomic E-state index is -1.41. The maximum Gasteiger partial charge on any atom is 0.241 e. The first-order valence-electron chi connectivity index (χ1n) is 18.8. The van der Waals surface area contributed by atoms with Gasteiger partial charge in [0.15, 0.2) is 0 Å². The van der Waals surface area contributed by atoms with Crippen molar-refractivity contribution in [2.24, 2.45) is 39.3 Å². The Morgan fingerprint density at radius 1 is 0.789 bits per heavy atom. The third-order valence-corrected chi connectivity index (χ3v) is 12.7. The molecule has 3 fully saturated rings. The van der Waals surface area contributed by atoms with Crippen molar-refractivity contribution in [2.45, 2.75) is 25.7 Å². The molecule has 1 saturated carbocycles.